The molecule has 0 saturated carbocycles. The van der Waals surface area contributed by atoms with Crippen molar-refractivity contribution in [3.63, 3.8) is 0 Å². The van der Waals surface area contributed by atoms with Crippen molar-refractivity contribution in [3.05, 3.63) is 90.1 Å². The van der Waals surface area contributed by atoms with Gasteiger partial charge in [-0.15, -0.1) is 0 Å². The Kier molecular flexibility index (Phi) is 10.0. The normalized spacial score (nSPS) is 11.4. The Hall–Kier alpha value is -4.64. The second-order valence-electron chi connectivity index (χ2n) is 9.06. The van der Waals surface area contributed by atoms with Gasteiger partial charge in [0.1, 0.15) is 5.75 Å². The van der Waals surface area contributed by atoms with E-state index in [0.29, 0.717) is 22.7 Å². The molecule has 0 aliphatic rings. The molecule has 4 rings (SSSR count). The number of amides is 2. The molecule has 0 fully saturated rings. The van der Waals surface area contributed by atoms with Gasteiger partial charge in [-0.3, -0.25) is 9.59 Å². The van der Waals surface area contributed by atoms with Crippen LogP contribution in [0, 0.1) is 13.8 Å². The van der Waals surface area contributed by atoms with Crippen LogP contribution in [0.4, 0.5) is 11.6 Å². The van der Waals surface area contributed by atoms with E-state index in [-0.39, 0.29) is 16.7 Å². The lowest BCUT2D eigenvalue weighted by atomic mass is 10.1. The lowest BCUT2D eigenvalue weighted by molar-refractivity contribution is -0.122. The van der Waals surface area contributed by atoms with E-state index in [9.17, 15) is 18.0 Å². The number of anilines is 2. The van der Waals surface area contributed by atoms with E-state index >= 15 is 0 Å². The Balaban J connectivity index is 0.000000810. The molecule has 1 unspecified atom stereocenters. The van der Waals surface area contributed by atoms with Crippen molar-refractivity contribution in [1.29, 1.82) is 0 Å². The Morgan fingerprint density at radius 2 is 1.52 bits per heavy atom. The van der Waals surface area contributed by atoms with E-state index in [1.54, 1.807) is 34.9 Å². The van der Waals surface area contributed by atoms with Gasteiger partial charge in [0.25, 0.3) is 15.9 Å². The summed E-state index contributed by atoms with van der Waals surface area (Å²) in [6, 6.07) is 23.3. The third-order valence-corrected chi connectivity index (χ3v) is 7.02. The zero-order valence-electron chi connectivity index (χ0n) is 22.9. The molecule has 10 nitrogen and oxygen atoms in total. The summed E-state index contributed by atoms with van der Waals surface area (Å²) >= 11 is 0. The van der Waals surface area contributed by atoms with E-state index < -0.39 is 16.1 Å². The standard InChI is InChI=1S/C26H25N3O5S.C3H7NO/c1-17-18(2)28-34-26(17)29-35(31,32)24-15-11-22(12-16-24)27-25(30)19(3)33-23-13-9-21(10-14-23)20-7-5-4-6-8-20;1-4(2)3-5/h4-16,19,29H,1-3H3,(H,27,30);3H,1-2H3. The van der Waals surface area contributed by atoms with Crippen molar-refractivity contribution >= 4 is 33.9 Å². The summed E-state index contributed by atoms with van der Waals surface area (Å²) in [6.45, 7) is 5.08. The monoisotopic (exact) mass is 564 g/mol. The van der Waals surface area contributed by atoms with Gasteiger partial charge in [0.05, 0.1) is 10.6 Å². The number of ether oxygens (including phenoxy) is 1. The summed E-state index contributed by atoms with van der Waals surface area (Å²) in [5.41, 5.74) is 3.80. The number of aryl methyl sites for hydroxylation is 1. The Bertz CT molecular complexity index is 1520. The van der Waals surface area contributed by atoms with Crippen molar-refractivity contribution in [2.24, 2.45) is 0 Å². The van der Waals surface area contributed by atoms with E-state index in [0.717, 1.165) is 17.5 Å². The second-order valence-corrected chi connectivity index (χ2v) is 10.7. The number of hydrogen-bond acceptors (Lipinski definition) is 7. The van der Waals surface area contributed by atoms with Gasteiger partial charge < -0.3 is 19.5 Å². The summed E-state index contributed by atoms with van der Waals surface area (Å²) in [5.74, 6) is 0.277. The molecule has 2 amide bonds. The van der Waals surface area contributed by atoms with E-state index in [1.807, 2.05) is 54.6 Å². The average Bonchev–Trinajstić information content (AvgIpc) is 3.26. The van der Waals surface area contributed by atoms with Crippen molar-refractivity contribution in [2.45, 2.75) is 31.8 Å². The zero-order chi connectivity index (χ0) is 29.3. The number of rotatable bonds is 9. The van der Waals surface area contributed by atoms with Gasteiger partial charge in [0, 0.05) is 25.3 Å². The number of sulfonamides is 1. The molecule has 11 heteroatoms. The third kappa shape index (κ3) is 8.18. The lowest BCUT2D eigenvalue weighted by Gasteiger charge is -2.15. The number of carbonyl (C=O) groups excluding carboxylic acids is 2. The van der Waals surface area contributed by atoms with Crippen LogP contribution < -0.4 is 14.8 Å². The summed E-state index contributed by atoms with van der Waals surface area (Å²) in [4.78, 5) is 23.5. The second kappa shape index (κ2) is 13.4. The van der Waals surface area contributed by atoms with Crippen molar-refractivity contribution in [2.75, 3.05) is 24.1 Å². The van der Waals surface area contributed by atoms with E-state index in [1.165, 1.54) is 29.2 Å². The van der Waals surface area contributed by atoms with Gasteiger partial charge in [0.15, 0.2) is 6.10 Å². The summed E-state index contributed by atoms with van der Waals surface area (Å²) in [7, 11) is -0.495. The minimum atomic E-state index is -3.87. The number of benzene rings is 3. The fourth-order valence-corrected chi connectivity index (χ4v) is 4.31. The highest BCUT2D eigenvalue weighted by atomic mass is 32.2. The van der Waals surface area contributed by atoms with Crippen LogP contribution in [0.15, 0.2) is 88.3 Å². The van der Waals surface area contributed by atoms with Crippen molar-refractivity contribution < 1.29 is 27.3 Å². The highest BCUT2D eigenvalue weighted by molar-refractivity contribution is 7.92. The van der Waals surface area contributed by atoms with Crippen molar-refractivity contribution in [1.82, 2.24) is 10.1 Å². The first-order valence-corrected chi connectivity index (χ1v) is 13.8. The number of hydrogen-bond donors (Lipinski definition) is 2. The first-order valence-electron chi connectivity index (χ1n) is 12.3. The highest BCUT2D eigenvalue weighted by Gasteiger charge is 2.20. The van der Waals surface area contributed by atoms with Gasteiger partial charge in [-0.05, 0) is 68.3 Å². The summed E-state index contributed by atoms with van der Waals surface area (Å²) < 4.78 is 38.4. The zero-order valence-corrected chi connectivity index (χ0v) is 23.7. The molecular weight excluding hydrogens is 532 g/mol. The molecule has 210 valence electrons. The minimum absolute atomic E-state index is 0.0201. The fraction of sp³-hybridized carbons (Fsp3) is 0.207. The smallest absolute Gasteiger partial charge is 0.265 e. The number of aromatic nitrogens is 1. The first kappa shape index (κ1) is 29.9. The third-order valence-electron chi connectivity index (χ3n) is 5.67. The minimum Gasteiger partial charge on any atom is -0.481 e. The molecule has 1 atom stereocenters. The summed E-state index contributed by atoms with van der Waals surface area (Å²) in [6.07, 6.45) is -0.0136. The van der Waals surface area contributed by atoms with Gasteiger partial charge in [-0.2, -0.15) is 0 Å². The molecule has 1 heterocycles. The predicted molar refractivity (Wildman–Crippen MR) is 154 cm³/mol. The molecule has 0 bridgehead atoms. The molecule has 3 aromatic carbocycles. The molecule has 0 spiro atoms. The van der Waals surface area contributed by atoms with Crippen LogP contribution in [0.3, 0.4) is 0 Å². The average molecular weight is 565 g/mol. The largest absolute Gasteiger partial charge is 0.481 e. The Labute approximate surface area is 234 Å². The van der Waals surface area contributed by atoms with E-state index in [2.05, 4.69) is 15.2 Å². The molecule has 0 saturated heterocycles. The molecule has 0 aliphatic carbocycles. The van der Waals surface area contributed by atoms with Crippen LogP contribution in [0.1, 0.15) is 18.2 Å². The van der Waals surface area contributed by atoms with Gasteiger partial charge >= 0.3 is 0 Å². The van der Waals surface area contributed by atoms with Gasteiger partial charge in [-0.1, -0.05) is 47.6 Å². The van der Waals surface area contributed by atoms with Crippen LogP contribution in [0.2, 0.25) is 0 Å². The molecule has 0 radical (unpaired) electrons. The number of carbonyl (C=O) groups is 2. The molecule has 4 aromatic rings. The maximum atomic E-state index is 12.6. The quantitative estimate of drug-likeness (QED) is 0.277. The van der Waals surface area contributed by atoms with Crippen LogP contribution >= 0.6 is 0 Å². The predicted octanol–water partition coefficient (Wildman–Crippen LogP) is 4.87. The number of nitrogens with zero attached hydrogens (tertiary/aromatic N) is 2. The number of nitrogens with one attached hydrogen (secondary N) is 2. The van der Waals surface area contributed by atoms with Crippen molar-refractivity contribution in [3.8, 4) is 16.9 Å². The van der Waals surface area contributed by atoms with Crippen LogP contribution in [-0.4, -0.2) is 51.0 Å². The molecule has 2 N–H and O–H groups in total. The van der Waals surface area contributed by atoms with Gasteiger partial charge in [-0.25, -0.2) is 13.1 Å². The maximum Gasteiger partial charge on any atom is 0.265 e. The maximum absolute atomic E-state index is 12.6. The SMILES string of the molecule is CN(C)C=O.Cc1noc(NS(=O)(=O)c2ccc(NC(=O)C(C)Oc3ccc(-c4ccccc4)cc3)cc2)c1C. The molecule has 40 heavy (non-hydrogen) atoms. The molecule has 0 aliphatic heterocycles. The lowest BCUT2D eigenvalue weighted by Crippen LogP contribution is -2.30. The Morgan fingerprint density at radius 3 is 2.05 bits per heavy atom. The van der Waals surface area contributed by atoms with Crippen LogP contribution in [0.5, 0.6) is 5.75 Å². The fourth-order valence-electron chi connectivity index (χ4n) is 3.27. The summed E-state index contributed by atoms with van der Waals surface area (Å²) in [5, 5.41) is 6.48. The first-order chi connectivity index (χ1) is 19.0. The van der Waals surface area contributed by atoms with Crippen LogP contribution in [-0.2, 0) is 19.6 Å². The van der Waals surface area contributed by atoms with Gasteiger partial charge in [0.2, 0.25) is 12.3 Å². The molecular formula is C29H32N4O6S. The van der Waals surface area contributed by atoms with E-state index in [4.69, 9.17) is 9.26 Å². The topological polar surface area (TPSA) is 131 Å². The highest BCUT2D eigenvalue weighted by Crippen LogP contribution is 2.24. The molecule has 1 aromatic heterocycles. The Morgan fingerprint density at radius 1 is 0.950 bits per heavy atom. The van der Waals surface area contributed by atoms with Crippen LogP contribution in [0.25, 0.3) is 11.1 Å².